The number of thioether (sulfide) groups is 1. The number of benzene rings is 2. The first-order valence-electron chi connectivity index (χ1n) is 7.02. The van der Waals surface area contributed by atoms with E-state index in [0.29, 0.717) is 20.5 Å². The lowest BCUT2D eigenvalue weighted by Gasteiger charge is -2.14. The summed E-state index contributed by atoms with van der Waals surface area (Å²) in [5, 5.41) is 0. The number of alkyl halides is 2. The van der Waals surface area contributed by atoms with Crippen molar-refractivity contribution in [2.24, 2.45) is 0 Å². The summed E-state index contributed by atoms with van der Waals surface area (Å²) in [5.74, 6) is -0.698. The molecule has 0 aromatic heterocycles. The standard InChI is InChI=1S/C17H10F3NO2S2/c18-11-3-5-12(6-4-11)21-15(22)14(25-17(21)24)9-10-1-7-13(8-2-10)23-16(19)20/h1-9,16H. The molecule has 8 heteroatoms. The van der Waals surface area contributed by atoms with Crippen LogP contribution in [0.2, 0.25) is 0 Å². The van der Waals surface area contributed by atoms with E-state index >= 15 is 0 Å². The molecule has 1 aliphatic rings. The fraction of sp³-hybridized carbons (Fsp3) is 0.0588. The molecule has 0 N–H and O–H groups in total. The van der Waals surface area contributed by atoms with Crippen LogP contribution < -0.4 is 9.64 Å². The van der Waals surface area contributed by atoms with Crippen molar-refractivity contribution in [3.05, 3.63) is 64.8 Å². The molecule has 1 heterocycles. The van der Waals surface area contributed by atoms with Gasteiger partial charge in [-0.3, -0.25) is 9.69 Å². The topological polar surface area (TPSA) is 29.5 Å². The number of rotatable bonds is 4. The van der Waals surface area contributed by atoms with Crippen molar-refractivity contribution in [1.29, 1.82) is 0 Å². The van der Waals surface area contributed by atoms with E-state index in [1.165, 1.54) is 41.3 Å². The Bertz CT molecular complexity index is 836. The highest BCUT2D eigenvalue weighted by molar-refractivity contribution is 8.27. The van der Waals surface area contributed by atoms with Crippen LogP contribution in [0.25, 0.3) is 6.08 Å². The number of thiocarbonyl (C=S) groups is 1. The second-order valence-electron chi connectivity index (χ2n) is 4.94. The average Bonchev–Trinajstić information content (AvgIpc) is 2.84. The normalized spacial score (nSPS) is 16.2. The quantitative estimate of drug-likeness (QED) is 0.560. The molecule has 1 aliphatic heterocycles. The van der Waals surface area contributed by atoms with Gasteiger partial charge >= 0.3 is 6.61 Å². The Hall–Kier alpha value is -2.32. The number of ether oxygens (including phenoxy) is 1. The monoisotopic (exact) mass is 381 g/mol. The number of hydrogen-bond acceptors (Lipinski definition) is 4. The number of hydrogen-bond donors (Lipinski definition) is 0. The molecular weight excluding hydrogens is 371 g/mol. The van der Waals surface area contributed by atoms with Gasteiger partial charge in [0.25, 0.3) is 5.91 Å². The van der Waals surface area contributed by atoms with Crippen LogP contribution in [0.15, 0.2) is 53.4 Å². The minimum Gasteiger partial charge on any atom is -0.435 e. The number of halogens is 3. The Labute approximate surface area is 151 Å². The molecule has 0 spiro atoms. The van der Waals surface area contributed by atoms with Crippen LogP contribution in [-0.2, 0) is 4.79 Å². The molecule has 3 nitrogen and oxygen atoms in total. The van der Waals surface area contributed by atoms with Crippen LogP contribution >= 0.6 is 24.0 Å². The van der Waals surface area contributed by atoms with Gasteiger partial charge in [-0.1, -0.05) is 36.1 Å². The van der Waals surface area contributed by atoms with E-state index in [2.05, 4.69) is 4.74 Å². The van der Waals surface area contributed by atoms with E-state index < -0.39 is 12.4 Å². The number of amides is 1. The van der Waals surface area contributed by atoms with Crippen LogP contribution in [0.3, 0.4) is 0 Å². The predicted molar refractivity (Wildman–Crippen MR) is 95.1 cm³/mol. The molecule has 0 saturated carbocycles. The fourth-order valence-electron chi connectivity index (χ4n) is 2.18. The van der Waals surface area contributed by atoms with Crippen LogP contribution in [0.4, 0.5) is 18.9 Å². The van der Waals surface area contributed by atoms with Crippen molar-refractivity contribution in [2.75, 3.05) is 4.90 Å². The summed E-state index contributed by atoms with van der Waals surface area (Å²) in [5.41, 5.74) is 1.12. The molecule has 1 fully saturated rings. The van der Waals surface area contributed by atoms with Crippen molar-refractivity contribution in [1.82, 2.24) is 0 Å². The van der Waals surface area contributed by atoms with Crippen LogP contribution in [0.5, 0.6) is 5.75 Å². The van der Waals surface area contributed by atoms with Gasteiger partial charge in [0, 0.05) is 0 Å². The lowest BCUT2D eigenvalue weighted by Crippen LogP contribution is -2.27. The molecule has 2 aromatic carbocycles. The first kappa shape index (κ1) is 17.5. The zero-order chi connectivity index (χ0) is 18.0. The van der Waals surface area contributed by atoms with Gasteiger partial charge in [0.1, 0.15) is 11.6 Å². The van der Waals surface area contributed by atoms with Crippen LogP contribution in [0, 0.1) is 5.82 Å². The van der Waals surface area contributed by atoms with E-state index in [9.17, 15) is 18.0 Å². The first-order valence-corrected chi connectivity index (χ1v) is 8.25. The Morgan fingerprint density at radius 1 is 1.08 bits per heavy atom. The summed E-state index contributed by atoms with van der Waals surface area (Å²) in [6, 6.07) is 11.3. The second kappa shape index (κ2) is 7.28. The predicted octanol–water partition coefficient (Wildman–Crippen LogP) is 4.83. The van der Waals surface area contributed by atoms with Crippen molar-refractivity contribution < 1.29 is 22.7 Å². The lowest BCUT2D eigenvalue weighted by molar-refractivity contribution is -0.113. The zero-order valence-corrected chi connectivity index (χ0v) is 14.1. The summed E-state index contributed by atoms with van der Waals surface area (Å²) in [6.45, 7) is -2.89. The number of nitrogens with zero attached hydrogens (tertiary/aromatic N) is 1. The Balaban J connectivity index is 1.81. The number of anilines is 1. The molecule has 128 valence electrons. The molecule has 0 bridgehead atoms. The van der Waals surface area contributed by atoms with Crippen molar-refractivity contribution in [3.63, 3.8) is 0 Å². The van der Waals surface area contributed by atoms with E-state index in [1.54, 1.807) is 18.2 Å². The maximum Gasteiger partial charge on any atom is 0.387 e. The Morgan fingerprint density at radius 2 is 1.72 bits per heavy atom. The third-order valence-electron chi connectivity index (χ3n) is 3.28. The molecular formula is C17H10F3NO2S2. The van der Waals surface area contributed by atoms with Crippen LogP contribution in [-0.4, -0.2) is 16.8 Å². The highest BCUT2D eigenvalue weighted by atomic mass is 32.2. The first-order chi connectivity index (χ1) is 11.9. The van der Waals surface area contributed by atoms with Gasteiger partial charge in [-0.25, -0.2) is 4.39 Å². The van der Waals surface area contributed by atoms with Gasteiger partial charge in [-0.2, -0.15) is 8.78 Å². The van der Waals surface area contributed by atoms with Crippen molar-refractivity contribution in [3.8, 4) is 5.75 Å². The van der Waals surface area contributed by atoms with Gasteiger partial charge in [-0.15, -0.1) is 0 Å². The molecule has 3 rings (SSSR count). The molecule has 25 heavy (non-hydrogen) atoms. The molecule has 2 aromatic rings. The molecule has 1 saturated heterocycles. The average molecular weight is 381 g/mol. The largest absolute Gasteiger partial charge is 0.435 e. The molecule has 0 unspecified atom stereocenters. The Kier molecular flexibility index (Phi) is 5.10. The smallest absolute Gasteiger partial charge is 0.387 e. The van der Waals surface area contributed by atoms with E-state index in [1.807, 2.05) is 0 Å². The highest BCUT2D eigenvalue weighted by Gasteiger charge is 2.33. The van der Waals surface area contributed by atoms with Gasteiger partial charge in [-0.05, 0) is 48.0 Å². The van der Waals surface area contributed by atoms with Gasteiger partial charge in [0.2, 0.25) is 0 Å². The Morgan fingerprint density at radius 3 is 2.32 bits per heavy atom. The maximum atomic E-state index is 13.0. The van der Waals surface area contributed by atoms with Crippen molar-refractivity contribution >= 4 is 46.0 Å². The van der Waals surface area contributed by atoms with Crippen molar-refractivity contribution in [2.45, 2.75) is 6.61 Å². The number of carbonyl (C=O) groups is 1. The van der Waals surface area contributed by atoms with Gasteiger partial charge < -0.3 is 4.74 Å². The van der Waals surface area contributed by atoms with Gasteiger partial charge in [0.05, 0.1) is 10.6 Å². The van der Waals surface area contributed by atoms with Gasteiger partial charge in [0.15, 0.2) is 4.32 Å². The summed E-state index contributed by atoms with van der Waals surface area (Å²) in [4.78, 5) is 14.3. The molecule has 0 aliphatic carbocycles. The third kappa shape index (κ3) is 4.02. The summed E-state index contributed by atoms with van der Waals surface area (Å²) < 4.78 is 41.9. The third-order valence-corrected chi connectivity index (χ3v) is 4.58. The molecule has 0 radical (unpaired) electrons. The molecule has 0 atom stereocenters. The van der Waals surface area contributed by atoms with Crippen LogP contribution in [0.1, 0.15) is 5.56 Å². The fourth-order valence-corrected chi connectivity index (χ4v) is 3.48. The molecule has 1 amide bonds. The SMILES string of the molecule is O=C1C(=Cc2ccc(OC(F)F)cc2)SC(=S)N1c1ccc(F)cc1. The number of carbonyl (C=O) groups excluding carboxylic acids is 1. The lowest BCUT2D eigenvalue weighted by atomic mass is 10.2. The second-order valence-corrected chi connectivity index (χ2v) is 6.62. The summed E-state index contributed by atoms with van der Waals surface area (Å²) in [6.07, 6.45) is 1.61. The van der Waals surface area contributed by atoms with E-state index in [4.69, 9.17) is 12.2 Å². The highest BCUT2D eigenvalue weighted by Crippen LogP contribution is 2.36. The zero-order valence-electron chi connectivity index (χ0n) is 12.5. The minimum atomic E-state index is -2.89. The maximum absolute atomic E-state index is 13.0. The van der Waals surface area contributed by atoms with E-state index in [0.717, 1.165) is 11.8 Å². The minimum absolute atomic E-state index is 0.0333. The summed E-state index contributed by atoms with van der Waals surface area (Å²) >= 11 is 6.34. The summed E-state index contributed by atoms with van der Waals surface area (Å²) in [7, 11) is 0. The van der Waals surface area contributed by atoms with E-state index in [-0.39, 0.29) is 11.7 Å².